The van der Waals surface area contributed by atoms with Crippen molar-refractivity contribution in [3.8, 4) is 5.75 Å². The molecule has 2 heterocycles. The minimum Gasteiger partial charge on any atom is -0.487 e. The molecule has 14 heteroatoms. The SMILES string of the molecule is CC(=O)N1C(C(=O)N(C)[C@@H](CCCNC(=N)NS(=O)(=O)c2c(C)c(C)c3c(c2C)CC(C)(C)O3)C(=O)O)C(C)(C)SC1(C)C. The van der Waals surface area contributed by atoms with E-state index in [2.05, 4.69) is 10.0 Å². The van der Waals surface area contributed by atoms with Crippen molar-refractivity contribution in [3.05, 3.63) is 22.3 Å². The summed E-state index contributed by atoms with van der Waals surface area (Å²) in [6, 6.07) is -2.03. The minimum absolute atomic E-state index is 0.0480. The van der Waals surface area contributed by atoms with Gasteiger partial charge in [0, 0.05) is 37.2 Å². The van der Waals surface area contributed by atoms with Gasteiger partial charge in [0.15, 0.2) is 0 Å². The quantitative estimate of drug-likeness (QED) is 0.178. The van der Waals surface area contributed by atoms with Crippen LogP contribution in [0.25, 0.3) is 0 Å². The summed E-state index contributed by atoms with van der Waals surface area (Å²) < 4.78 is 34.5. The lowest BCUT2D eigenvalue weighted by molar-refractivity contribution is -0.154. The Morgan fingerprint density at radius 3 is 2.25 bits per heavy atom. The van der Waals surface area contributed by atoms with Gasteiger partial charge < -0.3 is 25.0 Å². The van der Waals surface area contributed by atoms with E-state index >= 15 is 0 Å². The van der Waals surface area contributed by atoms with Gasteiger partial charge in [0.1, 0.15) is 23.4 Å². The van der Waals surface area contributed by atoms with Gasteiger partial charge in [-0.3, -0.25) is 15.0 Å². The first-order chi connectivity index (χ1) is 19.9. The fraction of sp³-hybridized carbons (Fsp3) is 0.667. The molecule has 0 radical (unpaired) electrons. The van der Waals surface area contributed by atoms with Crippen molar-refractivity contribution in [2.24, 2.45) is 0 Å². The number of thioether (sulfide) groups is 1. The highest BCUT2D eigenvalue weighted by Crippen LogP contribution is 2.51. The van der Waals surface area contributed by atoms with Crippen molar-refractivity contribution in [1.29, 1.82) is 5.41 Å². The maximum Gasteiger partial charge on any atom is 0.326 e. The van der Waals surface area contributed by atoms with E-state index in [1.807, 2.05) is 48.5 Å². The van der Waals surface area contributed by atoms with E-state index < -0.39 is 55.2 Å². The van der Waals surface area contributed by atoms with Crippen LogP contribution in [0.3, 0.4) is 0 Å². The van der Waals surface area contributed by atoms with E-state index in [0.29, 0.717) is 23.3 Å². The van der Waals surface area contributed by atoms with E-state index in [0.717, 1.165) is 11.1 Å². The number of amides is 2. The molecular formula is C30H47N5O7S2. The molecule has 12 nitrogen and oxygen atoms in total. The zero-order chi connectivity index (χ0) is 33.7. The molecular weight excluding hydrogens is 606 g/mol. The van der Waals surface area contributed by atoms with Crippen molar-refractivity contribution < 1.29 is 32.6 Å². The third-order valence-electron chi connectivity index (χ3n) is 8.44. The summed E-state index contributed by atoms with van der Waals surface area (Å²) in [6.45, 7) is 18.1. The second kappa shape index (κ2) is 12.1. The summed E-state index contributed by atoms with van der Waals surface area (Å²) in [6.07, 6.45) is 0.842. The number of benzene rings is 1. The van der Waals surface area contributed by atoms with Crippen LogP contribution in [0.4, 0.5) is 0 Å². The Balaban J connectivity index is 1.66. The first-order valence-electron chi connectivity index (χ1n) is 14.6. The molecule has 0 aromatic heterocycles. The van der Waals surface area contributed by atoms with Crippen molar-refractivity contribution in [2.75, 3.05) is 13.6 Å². The number of likely N-dealkylation sites (N-methyl/N-ethyl adjacent to an activating group) is 1. The van der Waals surface area contributed by atoms with Crippen LogP contribution >= 0.6 is 11.8 Å². The van der Waals surface area contributed by atoms with Gasteiger partial charge in [0.2, 0.25) is 17.8 Å². The lowest BCUT2D eigenvalue weighted by Gasteiger charge is -2.37. The number of carboxylic acid groups (broad SMARTS) is 1. The van der Waals surface area contributed by atoms with E-state index in [-0.39, 0.29) is 30.2 Å². The Bertz CT molecular complexity index is 1490. The molecule has 1 aromatic carbocycles. The molecule has 0 spiro atoms. The van der Waals surface area contributed by atoms with Crippen LogP contribution < -0.4 is 14.8 Å². The second-order valence-corrected chi connectivity index (χ2v) is 17.2. The number of sulfonamides is 1. The Hall–Kier alpha value is -3.00. The number of fused-ring (bicyclic) bond motifs is 1. The van der Waals surface area contributed by atoms with Crippen LogP contribution in [0.1, 0.15) is 83.6 Å². The summed E-state index contributed by atoms with van der Waals surface area (Å²) in [5, 5.41) is 20.9. The molecule has 2 amide bonds. The molecule has 1 fully saturated rings. The monoisotopic (exact) mass is 653 g/mol. The molecule has 0 aliphatic carbocycles. The van der Waals surface area contributed by atoms with Crippen molar-refractivity contribution in [2.45, 2.75) is 121 Å². The highest BCUT2D eigenvalue weighted by molar-refractivity contribution is 8.02. The molecule has 0 bridgehead atoms. The van der Waals surface area contributed by atoms with E-state index in [1.54, 1.807) is 13.8 Å². The zero-order valence-corrected chi connectivity index (χ0v) is 29.2. The molecule has 2 aliphatic rings. The fourth-order valence-electron chi connectivity index (χ4n) is 6.55. The van der Waals surface area contributed by atoms with E-state index in [9.17, 15) is 27.9 Å². The van der Waals surface area contributed by atoms with Crippen molar-refractivity contribution in [1.82, 2.24) is 19.8 Å². The van der Waals surface area contributed by atoms with Crippen molar-refractivity contribution >= 4 is 45.5 Å². The highest BCUT2D eigenvalue weighted by atomic mass is 32.2. The predicted octanol–water partition coefficient (Wildman–Crippen LogP) is 3.30. The number of nitrogens with zero attached hydrogens (tertiary/aromatic N) is 2. The summed E-state index contributed by atoms with van der Waals surface area (Å²) in [7, 11) is -2.69. The summed E-state index contributed by atoms with van der Waals surface area (Å²) in [5.41, 5.74) is 2.26. The van der Waals surface area contributed by atoms with E-state index in [1.165, 1.54) is 35.5 Å². The summed E-state index contributed by atoms with van der Waals surface area (Å²) in [4.78, 5) is 40.5. The molecule has 0 saturated carbocycles. The number of ether oxygens (including phenoxy) is 1. The number of carbonyl (C=O) groups excluding carboxylic acids is 2. The number of hydrogen-bond donors (Lipinski definition) is 4. The second-order valence-electron chi connectivity index (χ2n) is 13.3. The van der Waals surface area contributed by atoms with E-state index in [4.69, 9.17) is 10.1 Å². The zero-order valence-electron chi connectivity index (χ0n) is 27.6. The molecule has 2 atom stereocenters. The lowest BCUT2D eigenvalue weighted by Crippen LogP contribution is -2.58. The number of nitrogens with one attached hydrogen (secondary N) is 3. The van der Waals surface area contributed by atoms with Gasteiger partial charge in [-0.2, -0.15) is 0 Å². The van der Waals surface area contributed by atoms with Gasteiger partial charge in [-0.15, -0.1) is 11.8 Å². The molecule has 1 aromatic rings. The molecule has 1 saturated heterocycles. The smallest absolute Gasteiger partial charge is 0.326 e. The molecule has 3 rings (SSSR count). The number of hydrogen-bond acceptors (Lipinski definition) is 8. The molecule has 246 valence electrons. The average Bonchev–Trinajstić information content (AvgIpc) is 3.29. The van der Waals surface area contributed by atoms with Crippen LogP contribution in [0.5, 0.6) is 5.75 Å². The minimum atomic E-state index is -4.11. The van der Waals surface area contributed by atoms with Gasteiger partial charge in [-0.25, -0.2) is 17.9 Å². The Labute approximate surface area is 265 Å². The third kappa shape index (κ3) is 6.80. The Morgan fingerprint density at radius 1 is 1.11 bits per heavy atom. The van der Waals surface area contributed by atoms with Crippen LogP contribution in [0, 0.1) is 26.2 Å². The number of guanidine groups is 1. The Morgan fingerprint density at radius 2 is 1.70 bits per heavy atom. The highest BCUT2D eigenvalue weighted by Gasteiger charge is 2.57. The maximum absolute atomic E-state index is 13.6. The molecule has 1 unspecified atom stereocenters. The van der Waals surface area contributed by atoms with Crippen LogP contribution in [-0.4, -0.2) is 88.0 Å². The van der Waals surface area contributed by atoms with Crippen molar-refractivity contribution in [3.63, 3.8) is 0 Å². The molecule has 2 aliphatic heterocycles. The topological polar surface area (TPSA) is 169 Å². The number of carbonyl (C=O) groups is 3. The fourth-order valence-corrected chi connectivity index (χ4v) is 10.0. The first kappa shape index (κ1) is 35.5. The largest absolute Gasteiger partial charge is 0.487 e. The number of aliphatic carboxylic acids is 1. The summed E-state index contributed by atoms with van der Waals surface area (Å²) in [5.74, 6) is -1.66. The summed E-state index contributed by atoms with van der Waals surface area (Å²) >= 11 is 1.49. The molecule has 44 heavy (non-hydrogen) atoms. The standard InChI is InChI=1S/C30H47N5O7S2/c1-16-17(2)23(18(3)20-15-28(5,6)42-22(16)20)44(40,41)33-27(31)32-14-12-13-21(26(38)39)34(11)25(37)24-29(7,8)43-30(9,10)35(24)19(4)36/h21,24H,12-15H2,1-11H3,(H,38,39)(H3,31,32,33)/t21-,24?/m0/s1. The third-order valence-corrected chi connectivity index (χ3v) is 11.5. The van der Waals surface area contributed by atoms with Gasteiger partial charge in [-0.1, -0.05) is 0 Å². The number of carboxylic acids is 1. The van der Waals surface area contributed by atoms with Crippen LogP contribution in [0.15, 0.2) is 4.90 Å². The van der Waals surface area contributed by atoms with Gasteiger partial charge in [-0.05, 0) is 91.8 Å². The van der Waals surface area contributed by atoms with Gasteiger partial charge >= 0.3 is 5.97 Å². The van der Waals surface area contributed by atoms with Crippen LogP contribution in [-0.2, 0) is 30.8 Å². The lowest BCUT2D eigenvalue weighted by atomic mass is 9.94. The number of rotatable bonds is 9. The van der Waals surface area contributed by atoms with Gasteiger partial charge in [0.25, 0.3) is 10.0 Å². The van der Waals surface area contributed by atoms with Gasteiger partial charge in [0.05, 0.1) is 9.77 Å². The normalized spacial score (nSPS) is 20.3. The Kier molecular flexibility index (Phi) is 9.73. The first-order valence-corrected chi connectivity index (χ1v) is 16.9. The molecule has 4 N–H and O–H groups in total. The average molecular weight is 654 g/mol. The van der Waals surface area contributed by atoms with Crippen LogP contribution in [0.2, 0.25) is 0 Å². The maximum atomic E-state index is 13.6. The predicted molar refractivity (Wildman–Crippen MR) is 171 cm³/mol.